The van der Waals surface area contributed by atoms with E-state index in [1.807, 2.05) is 53.4 Å². The molecule has 1 aliphatic carbocycles. The van der Waals surface area contributed by atoms with Crippen LogP contribution in [0.5, 0.6) is 11.5 Å². The maximum absolute atomic E-state index is 11.1. The zero-order chi connectivity index (χ0) is 27.3. The number of hydrogen-bond acceptors (Lipinski definition) is 8. The molecule has 2 aromatic carbocycles. The molecular weight excluding hydrogens is 508 g/mol. The van der Waals surface area contributed by atoms with Crippen LogP contribution in [-0.2, 0) is 0 Å². The molecule has 9 heteroatoms. The Kier molecular flexibility index (Phi) is 6.15. The number of ether oxygens (including phenoxy) is 2. The Morgan fingerprint density at radius 2 is 1.33 bits per heavy atom. The van der Waals surface area contributed by atoms with Gasteiger partial charge in [-0.2, -0.15) is 10.5 Å². The van der Waals surface area contributed by atoms with Gasteiger partial charge >= 0.3 is 0 Å². The molecule has 39 heavy (non-hydrogen) atoms. The van der Waals surface area contributed by atoms with Crippen LogP contribution in [0, 0.1) is 38.9 Å². The molecule has 6 rings (SSSR count). The summed E-state index contributed by atoms with van der Waals surface area (Å²) in [6.45, 7) is 1.79. The predicted octanol–water partition coefficient (Wildman–Crippen LogP) is 4.97. The van der Waals surface area contributed by atoms with Crippen molar-refractivity contribution >= 4 is 34.4 Å². The summed E-state index contributed by atoms with van der Waals surface area (Å²) in [6.07, 6.45) is 4.70. The van der Waals surface area contributed by atoms with Crippen molar-refractivity contribution in [1.29, 1.82) is 10.5 Å². The van der Waals surface area contributed by atoms with Crippen molar-refractivity contribution in [2.24, 2.45) is 21.2 Å². The lowest BCUT2D eigenvalue weighted by molar-refractivity contribution is -0.0223. The van der Waals surface area contributed by atoms with Gasteiger partial charge in [0.25, 0.3) is 0 Å². The van der Waals surface area contributed by atoms with E-state index in [0.717, 1.165) is 60.8 Å². The number of nitrogens with zero attached hydrogens (tertiary/aromatic N) is 6. The lowest BCUT2D eigenvalue weighted by Gasteiger charge is -2.68. The molecule has 3 aliphatic heterocycles. The zero-order valence-electron chi connectivity index (χ0n) is 22.4. The van der Waals surface area contributed by atoms with E-state index in [9.17, 15) is 10.5 Å². The SMILES string of the molecule is COc1ccc(N2CN=C3N(C2)C(=S)[C@@]2(C#N)CN(c4ccc(OC)cc4)C[C@@]3(C#N)C23CCCCC3)cc1. The third-order valence-electron chi connectivity index (χ3n) is 9.40. The fourth-order valence-corrected chi connectivity index (χ4v) is 7.90. The van der Waals surface area contributed by atoms with Crippen LogP contribution in [-0.4, -0.2) is 56.4 Å². The largest absolute Gasteiger partial charge is 0.497 e. The van der Waals surface area contributed by atoms with Crippen LogP contribution in [0.4, 0.5) is 11.4 Å². The Hall–Kier alpha value is -3.82. The molecule has 3 fully saturated rings. The lowest BCUT2D eigenvalue weighted by Crippen LogP contribution is -2.79. The molecule has 0 N–H and O–H groups in total. The molecule has 2 bridgehead atoms. The first kappa shape index (κ1) is 25.5. The normalized spacial score (nSPS) is 27.2. The molecular formula is C30H32N6O2S. The number of anilines is 2. The molecule has 2 saturated heterocycles. The van der Waals surface area contributed by atoms with Crippen LogP contribution in [0.1, 0.15) is 32.1 Å². The maximum Gasteiger partial charge on any atom is 0.140 e. The molecule has 2 aromatic rings. The van der Waals surface area contributed by atoms with Gasteiger partial charge < -0.3 is 24.2 Å². The van der Waals surface area contributed by atoms with Gasteiger partial charge in [-0.15, -0.1) is 0 Å². The smallest absolute Gasteiger partial charge is 0.140 e. The standard InChI is InChI=1S/C30H32N6O2S/c1-37-24-10-6-22(7-11-24)34-18-28(16-31)26-33-20-35(23-8-12-25(38-2)13-9-23)21-36(26)27(39)29(17-32,19-34)30(28)14-4-3-5-15-30/h6-13H,3-5,14-15,18-21H2,1-2H3/t28-,29-/m1/s1. The van der Waals surface area contributed by atoms with Crippen LogP contribution in [0.15, 0.2) is 53.5 Å². The molecule has 0 aromatic heterocycles. The summed E-state index contributed by atoms with van der Waals surface area (Å²) in [5, 5.41) is 22.2. The topological polar surface area (TPSA) is 88.1 Å². The Morgan fingerprint density at radius 3 is 1.87 bits per heavy atom. The van der Waals surface area contributed by atoms with Gasteiger partial charge in [-0.3, -0.25) is 0 Å². The summed E-state index contributed by atoms with van der Waals surface area (Å²) in [4.78, 5) is 12.0. The first-order valence-corrected chi connectivity index (χ1v) is 13.9. The fraction of sp³-hybridized carbons (Fsp3) is 0.467. The third kappa shape index (κ3) is 3.46. The first-order chi connectivity index (χ1) is 19.0. The highest BCUT2D eigenvalue weighted by Crippen LogP contribution is 2.67. The number of methoxy groups -OCH3 is 2. The lowest BCUT2D eigenvalue weighted by atomic mass is 9.42. The van der Waals surface area contributed by atoms with Crippen molar-refractivity contribution in [3.05, 3.63) is 48.5 Å². The van der Waals surface area contributed by atoms with Gasteiger partial charge in [0.15, 0.2) is 0 Å². The van der Waals surface area contributed by atoms with Gasteiger partial charge in [0, 0.05) is 29.9 Å². The number of fused-ring (bicyclic) bond motifs is 2. The molecule has 4 aliphatic rings. The van der Waals surface area contributed by atoms with Crippen LogP contribution >= 0.6 is 12.2 Å². The van der Waals surface area contributed by atoms with Crippen LogP contribution in [0.2, 0.25) is 0 Å². The van der Waals surface area contributed by atoms with Gasteiger partial charge in [0.1, 0.15) is 39.8 Å². The second-order valence-corrected chi connectivity index (χ2v) is 11.4. The van der Waals surface area contributed by atoms with Gasteiger partial charge in [0.2, 0.25) is 0 Å². The van der Waals surface area contributed by atoms with E-state index >= 15 is 0 Å². The molecule has 0 radical (unpaired) electrons. The first-order valence-electron chi connectivity index (χ1n) is 13.4. The Bertz CT molecular complexity index is 1390. The van der Waals surface area contributed by atoms with E-state index in [1.165, 1.54) is 0 Å². The maximum atomic E-state index is 11.1. The quantitative estimate of drug-likeness (QED) is 0.503. The van der Waals surface area contributed by atoms with E-state index in [4.69, 9.17) is 26.7 Å². The number of benzene rings is 2. The molecule has 0 amide bonds. The van der Waals surface area contributed by atoms with Gasteiger partial charge in [-0.1, -0.05) is 31.5 Å². The molecule has 1 saturated carbocycles. The average molecular weight is 541 g/mol. The third-order valence-corrected chi connectivity index (χ3v) is 9.97. The molecule has 1 spiro atoms. The van der Waals surface area contributed by atoms with Crippen molar-refractivity contribution in [1.82, 2.24) is 4.90 Å². The van der Waals surface area contributed by atoms with Crippen LogP contribution in [0.25, 0.3) is 0 Å². The predicted molar refractivity (Wildman–Crippen MR) is 154 cm³/mol. The van der Waals surface area contributed by atoms with Crippen molar-refractivity contribution in [2.75, 3.05) is 50.4 Å². The molecule has 8 nitrogen and oxygen atoms in total. The number of piperidine rings is 2. The number of aliphatic imine (C=N–C) groups is 1. The van der Waals surface area contributed by atoms with E-state index in [2.05, 4.69) is 21.9 Å². The summed E-state index contributed by atoms with van der Waals surface area (Å²) >= 11 is 6.28. The number of nitriles is 2. The Morgan fingerprint density at radius 1 is 0.795 bits per heavy atom. The Labute approximate surface area is 235 Å². The monoisotopic (exact) mass is 540 g/mol. The average Bonchev–Trinajstić information content (AvgIpc) is 3.00. The van der Waals surface area contributed by atoms with Crippen molar-refractivity contribution in [2.45, 2.75) is 32.1 Å². The van der Waals surface area contributed by atoms with E-state index in [-0.39, 0.29) is 0 Å². The second-order valence-electron chi connectivity index (χ2n) is 11.0. The molecule has 2 atom stereocenters. The highest BCUT2D eigenvalue weighted by molar-refractivity contribution is 7.80. The number of thiocarbonyl (C=S) groups is 1. The minimum absolute atomic E-state index is 0.419. The zero-order valence-corrected chi connectivity index (χ0v) is 23.2. The second kappa shape index (κ2) is 9.43. The molecule has 3 heterocycles. The summed E-state index contributed by atoms with van der Waals surface area (Å²) in [5.41, 5.74) is -0.595. The van der Waals surface area contributed by atoms with Crippen molar-refractivity contribution in [3.63, 3.8) is 0 Å². The van der Waals surface area contributed by atoms with Crippen molar-refractivity contribution in [3.8, 4) is 23.6 Å². The summed E-state index contributed by atoms with van der Waals surface area (Å²) in [6, 6.07) is 21.2. The van der Waals surface area contributed by atoms with E-state index in [1.54, 1.807) is 14.2 Å². The van der Waals surface area contributed by atoms with E-state index < -0.39 is 16.2 Å². The molecule has 200 valence electrons. The minimum Gasteiger partial charge on any atom is -0.497 e. The summed E-state index contributed by atoms with van der Waals surface area (Å²) in [5.74, 6) is 2.28. The summed E-state index contributed by atoms with van der Waals surface area (Å²) < 4.78 is 10.7. The highest BCUT2D eigenvalue weighted by atomic mass is 32.1. The van der Waals surface area contributed by atoms with E-state index in [0.29, 0.717) is 31.4 Å². The van der Waals surface area contributed by atoms with Crippen LogP contribution in [0.3, 0.4) is 0 Å². The van der Waals surface area contributed by atoms with Gasteiger partial charge in [-0.25, -0.2) is 4.99 Å². The fourth-order valence-electron chi connectivity index (χ4n) is 7.45. The van der Waals surface area contributed by atoms with Gasteiger partial charge in [0.05, 0.1) is 33.0 Å². The van der Waals surface area contributed by atoms with Crippen LogP contribution < -0.4 is 19.3 Å². The van der Waals surface area contributed by atoms with Gasteiger partial charge in [-0.05, 0) is 61.4 Å². The van der Waals surface area contributed by atoms with Crippen molar-refractivity contribution < 1.29 is 9.47 Å². The minimum atomic E-state index is -1.00. The number of hydrogen-bond donors (Lipinski definition) is 0. The highest BCUT2D eigenvalue weighted by Gasteiger charge is 2.75. The number of rotatable bonds is 4. The summed E-state index contributed by atoms with van der Waals surface area (Å²) in [7, 11) is 3.29. The Balaban J connectivity index is 1.49. The number of amidine groups is 1. The molecule has 0 unspecified atom stereocenters.